The Labute approximate surface area is 159 Å². The summed E-state index contributed by atoms with van der Waals surface area (Å²) in [4.78, 5) is 18.2. The van der Waals surface area contributed by atoms with E-state index in [1.807, 2.05) is 0 Å². The summed E-state index contributed by atoms with van der Waals surface area (Å²) >= 11 is 0. The summed E-state index contributed by atoms with van der Waals surface area (Å²) in [7, 11) is 4.32. The predicted octanol–water partition coefficient (Wildman–Crippen LogP) is 3.56. The maximum Gasteiger partial charge on any atom is 0.311 e. The smallest absolute Gasteiger partial charge is 0.311 e. The number of nitro benzene ring substituents is 1. The highest BCUT2D eigenvalue weighted by Gasteiger charge is 2.20. The fourth-order valence-electron chi connectivity index (χ4n) is 2.71. The van der Waals surface area contributed by atoms with Crippen molar-refractivity contribution < 1.29 is 19.1 Å². The maximum absolute atomic E-state index is 11.3. The van der Waals surface area contributed by atoms with Crippen LogP contribution in [0.1, 0.15) is 11.4 Å². The number of H-pyrrole nitrogens is 1. The third-order valence-electron chi connectivity index (χ3n) is 4.09. The lowest BCUT2D eigenvalue weighted by atomic mass is 10.1. The van der Waals surface area contributed by atoms with Crippen molar-refractivity contribution in [2.45, 2.75) is 0 Å². The maximum atomic E-state index is 11.3. The lowest BCUT2D eigenvalue weighted by molar-refractivity contribution is -0.385. The summed E-state index contributed by atoms with van der Waals surface area (Å²) < 4.78 is 15.5. The van der Waals surface area contributed by atoms with Gasteiger partial charge in [-0.2, -0.15) is 5.26 Å². The molecule has 0 saturated carbocycles. The van der Waals surface area contributed by atoms with Gasteiger partial charge < -0.3 is 19.2 Å². The fourth-order valence-corrected chi connectivity index (χ4v) is 2.71. The number of methoxy groups -OCH3 is 3. The minimum atomic E-state index is -0.560. The summed E-state index contributed by atoms with van der Waals surface area (Å²) in [6, 6.07) is 10.1. The number of aromatic amines is 1. The molecule has 28 heavy (non-hydrogen) atoms. The molecule has 0 bridgehead atoms. The van der Waals surface area contributed by atoms with Gasteiger partial charge in [-0.15, -0.1) is 0 Å². The number of aromatic nitrogens is 2. The number of nitro groups is 1. The van der Waals surface area contributed by atoms with Gasteiger partial charge in [0.25, 0.3) is 0 Å². The number of nitriles is 1. The van der Waals surface area contributed by atoms with Gasteiger partial charge in [0.15, 0.2) is 0 Å². The first-order valence-corrected chi connectivity index (χ1v) is 8.07. The molecule has 0 aliphatic rings. The molecule has 0 atom stereocenters. The van der Waals surface area contributed by atoms with Gasteiger partial charge in [-0.1, -0.05) is 0 Å². The molecule has 9 heteroatoms. The van der Waals surface area contributed by atoms with E-state index in [1.165, 1.54) is 32.4 Å². The Morgan fingerprint density at radius 2 is 1.93 bits per heavy atom. The van der Waals surface area contributed by atoms with E-state index in [1.54, 1.807) is 25.3 Å². The monoisotopic (exact) mass is 380 g/mol. The number of allylic oxidation sites excluding steroid dienone is 1. The molecule has 9 nitrogen and oxygen atoms in total. The van der Waals surface area contributed by atoms with Crippen LogP contribution in [-0.4, -0.2) is 36.2 Å². The third kappa shape index (κ3) is 3.43. The molecule has 1 N–H and O–H groups in total. The van der Waals surface area contributed by atoms with Crippen molar-refractivity contribution in [1.29, 1.82) is 5.26 Å². The Hall–Kier alpha value is -4.06. The van der Waals surface area contributed by atoms with Gasteiger partial charge in [0.05, 0.1) is 42.9 Å². The topological polar surface area (TPSA) is 123 Å². The van der Waals surface area contributed by atoms with Gasteiger partial charge in [0.2, 0.25) is 5.75 Å². The van der Waals surface area contributed by atoms with Crippen LogP contribution in [0.25, 0.3) is 22.7 Å². The van der Waals surface area contributed by atoms with E-state index >= 15 is 0 Å². The quantitative estimate of drug-likeness (QED) is 0.394. The molecule has 0 spiro atoms. The van der Waals surface area contributed by atoms with Crippen LogP contribution in [0, 0.1) is 21.4 Å². The van der Waals surface area contributed by atoms with E-state index < -0.39 is 4.92 Å². The van der Waals surface area contributed by atoms with Crippen LogP contribution in [0.3, 0.4) is 0 Å². The summed E-state index contributed by atoms with van der Waals surface area (Å²) in [6.45, 7) is 0. The number of hydrogen-bond donors (Lipinski definition) is 1. The van der Waals surface area contributed by atoms with Crippen molar-refractivity contribution in [3.8, 4) is 23.3 Å². The van der Waals surface area contributed by atoms with Gasteiger partial charge in [-0.25, -0.2) is 4.98 Å². The minimum absolute atomic E-state index is 0.0633. The number of imidazole rings is 1. The van der Waals surface area contributed by atoms with Gasteiger partial charge in [-0.3, -0.25) is 10.1 Å². The van der Waals surface area contributed by atoms with Crippen molar-refractivity contribution in [1.82, 2.24) is 9.97 Å². The molecule has 1 heterocycles. The first kappa shape index (κ1) is 18.7. The minimum Gasteiger partial charge on any atom is -0.497 e. The first-order chi connectivity index (χ1) is 13.5. The second-order valence-corrected chi connectivity index (χ2v) is 5.66. The summed E-state index contributed by atoms with van der Waals surface area (Å²) in [6.07, 6.45) is 1.47. The number of fused-ring (bicyclic) bond motifs is 1. The Bertz CT molecular complexity index is 1130. The zero-order valence-electron chi connectivity index (χ0n) is 15.3. The van der Waals surface area contributed by atoms with Crippen molar-refractivity contribution in [2.75, 3.05) is 21.3 Å². The van der Waals surface area contributed by atoms with Crippen LogP contribution in [0.15, 0.2) is 30.3 Å². The molecule has 0 radical (unpaired) electrons. The largest absolute Gasteiger partial charge is 0.497 e. The molecule has 142 valence electrons. The number of nitrogens with zero attached hydrogens (tertiary/aromatic N) is 3. The molecule has 1 aromatic heterocycles. The average Bonchev–Trinajstić information content (AvgIpc) is 3.14. The van der Waals surface area contributed by atoms with Crippen LogP contribution >= 0.6 is 0 Å². The SMILES string of the molecule is COc1ccc2nc(C(C#N)=Cc3cc([N+](=O)[O-])c(OC)cc3OC)[nH]c2c1. The standard InChI is InChI=1S/C19H16N4O5/c1-26-13-4-5-14-15(8-13)22-19(21-14)12(10-20)6-11-7-16(23(24)25)18(28-3)9-17(11)27-2/h4-9H,1-3H3,(H,21,22). The molecule has 3 aromatic rings. The molecule has 0 aliphatic carbocycles. The summed E-state index contributed by atoms with van der Waals surface area (Å²) in [5, 5.41) is 20.9. The van der Waals surface area contributed by atoms with Crippen LogP contribution in [0.5, 0.6) is 17.2 Å². The van der Waals surface area contributed by atoms with Gasteiger partial charge in [-0.05, 0) is 18.2 Å². The van der Waals surface area contributed by atoms with E-state index in [-0.39, 0.29) is 17.0 Å². The number of rotatable bonds is 6. The molecular weight excluding hydrogens is 364 g/mol. The summed E-state index contributed by atoms with van der Waals surface area (Å²) in [5.74, 6) is 1.37. The van der Waals surface area contributed by atoms with Crippen LogP contribution < -0.4 is 14.2 Å². The second-order valence-electron chi connectivity index (χ2n) is 5.66. The lowest BCUT2D eigenvalue weighted by Crippen LogP contribution is -1.97. The Morgan fingerprint density at radius 1 is 1.18 bits per heavy atom. The van der Waals surface area contributed by atoms with Gasteiger partial charge >= 0.3 is 5.69 Å². The second kappa shape index (κ2) is 7.67. The molecule has 0 saturated heterocycles. The Morgan fingerprint density at radius 3 is 2.54 bits per heavy atom. The molecular formula is C19H16N4O5. The van der Waals surface area contributed by atoms with Crippen molar-refractivity contribution in [2.24, 2.45) is 0 Å². The van der Waals surface area contributed by atoms with Gasteiger partial charge in [0.1, 0.15) is 23.4 Å². The normalized spacial score (nSPS) is 11.1. The number of ether oxygens (including phenoxy) is 3. The highest BCUT2D eigenvalue weighted by Crippen LogP contribution is 2.36. The van der Waals surface area contributed by atoms with Crippen LogP contribution in [-0.2, 0) is 0 Å². The molecule has 0 unspecified atom stereocenters. The average molecular weight is 380 g/mol. The Kier molecular flexibility index (Phi) is 5.13. The number of hydrogen-bond acceptors (Lipinski definition) is 7. The molecule has 2 aromatic carbocycles. The lowest BCUT2D eigenvalue weighted by Gasteiger charge is -2.08. The zero-order chi connectivity index (χ0) is 20.3. The van der Waals surface area contributed by atoms with Crippen molar-refractivity contribution in [3.05, 3.63) is 51.8 Å². The summed E-state index contributed by atoms with van der Waals surface area (Å²) in [5.41, 5.74) is 1.66. The van der Waals surface area contributed by atoms with Crippen molar-refractivity contribution in [3.63, 3.8) is 0 Å². The van der Waals surface area contributed by atoms with E-state index in [0.717, 1.165) is 0 Å². The predicted molar refractivity (Wildman–Crippen MR) is 102 cm³/mol. The van der Waals surface area contributed by atoms with E-state index in [2.05, 4.69) is 16.0 Å². The Balaban J connectivity index is 2.13. The highest BCUT2D eigenvalue weighted by atomic mass is 16.6. The zero-order valence-corrected chi connectivity index (χ0v) is 15.3. The fraction of sp³-hybridized carbons (Fsp3) is 0.158. The van der Waals surface area contributed by atoms with E-state index in [4.69, 9.17) is 14.2 Å². The molecule has 0 amide bonds. The van der Waals surface area contributed by atoms with Gasteiger partial charge in [0, 0.05) is 23.8 Å². The third-order valence-corrected chi connectivity index (χ3v) is 4.09. The van der Waals surface area contributed by atoms with Crippen LogP contribution in [0.2, 0.25) is 0 Å². The number of benzene rings is 2. The van der Waals surface area contributed by atoms with E-state index in [9.17, 15) is 15.4 Å². The molecule has 0 fully saturated rings. The van der Waals surface area contributed by atoms with E-state index in [0.29, 0.717) is 33.9 Å². The molecule has 3 rings (SSSR count). The number of nitrogens with one attached hydrogen (secondary N) is 1. The van der Waals surface area contributed by atoms with Crippen molar-refractivity contribution >= 4 is 28.4 Å². The molecule has 0 aliphatic heterocycles. The first-order valence-electron chi connectivity index (χ1n) is 8.07. The van der Waals surface area contributed by atoms with Crippen LogP contribution in [0.4, 0.5) is 5.69 Å². The highest BCUT2D eigenvalue weighted by molar-refractivity contribution is 5.92.